The zero-order valence-electron chi connectivity index (χ0n) is 6.68. The van der Waals surface area contributed by atoms with E-state index in [9.17, 15) is 13.2 Å². The number of hydrogen-bond acceptors (Lipinski definition) is 3. The summed E-state index contributed by atoms with van der Waals surface area (Å²) in [6, 6.07) is 0. The van der Waals surface area contributed by atoms with Crippen LogP contribution in [0.15, 0.2) is 16.6 Å². The van der Waals surface area contributed by atoms with Crippen LogP contribution < -0.4 is 0 Å². The van der Waals surface area contributed by atoms with Gasteiger partial charge in [-0.15, -0.1) is 0 Å². The molecule has 0 fully saturated rings. The van der Waals surface area contributed by atoms with Crippen LogP contribution in [0.1, 0.15) is 6.92 Å². The van der Waals surface area contributed by atoms with E-state index >= 15 is 0 Å². The molecule has 0 saturated heterocycles. The van der Waals surface area contributed by atoms with E-state index in [0.717, 1.165) is 14.0 Å². The Balaban J connectivity index is 4.96. The van der Waals surface area contributed by atoms with Crippen LogP contribution in [0.3, 0.4) is 0 Å². The van der Waals surface area contributed by atoms with Crippen molar-refractivity contribution in [2.75, 3.05) is 7.05 Å². The molecule has 0 aromatic rings. The molecule has 0 spiro atoms. The smallest absolute Gasteiger partial charge is 0.436 e. The predicted octanol–water partition coefficient (Wildman–Crippen LogP) is 1.89. The molecule has 0 aliphatic heterocycles. The second kappa shape index (κ2) is 3.46. The summed E-state index contributed by atoms with van der Waals surface area (Å²) in [5, 5.41) is 12.2. The molecule has 70 valence electrons. The standard InChI is InChI=1S/C6H9F3N2O/c1-4(12)5(6(7,8)9)11(3)10-2/h12H,2H2,1,3H3/b5-4+. The SMILES string of the molecule is C=NN(C)/C(=C(\C)O)C(F)(F)F. The molecule has 0 radical (unpaired) electrons. The molecule has 6 heteroatoms. The molecule has 0 atom stereocenters. The van der Waals surface area contributed by atoms with E-state index in [1.54, 1.807) is 0 Å². The zero-order chi connectivity index (χ0) is 9.94. The average molecular weight is 182 g/mol. The maximum absolute atomic E-state index is 12.1. The minimum Gasteiger partial charge on any atom is -0.510 e. The highest BCUT2D eigenvalue weighted by atomic mass is 19.4. The number of halogens is 3. The van der Waals surface area contributed by atoms with Crippen LogP contribution in [-0.4, -0.2) is 30.1 Å². The Morgan fingerprint density at radius 2 is 1.92 bits per heavy atom. The lowest BCUT2D eigenvalue weighted by Gasteiger charge is -2.19. The summed E-state index contributed by atoms with van der Waals surface area (Å²) in [6.45, 7) is 3.84. The maximum Gasteiger partial charge on any atom is 0.436 e. The second-order valence-electron chi connectivity index (χ2n) is 2.10. The van der Waals surface area contributed by atoms with Gasteiger partial charge in [0.05, 0.1) is 0 Å². The summed E-state index contributed by atoms with van der Waals surface area (Å²) in [7, 11) is 1.05. The van der Waals surface area contributed by atoms with Gasteiger partial charge in [-0.25, -0.2) is 0 Å². The summed E-state index contributed by atoms with van der Waals surface area (Å²) in [4.78, 5) is 0. The van der Waals surface area contributed by atoms with E-state index in [-0.39, 0.29) is 0 Å². The van der Waals surface area contributed by atoms with E-state index in [1.807, 2.05) is 0 Å². The monoisotopic (exact) mass is 182 g/mol. The number of aliphatic hydroxyl groups is 1. The van der Waals surface area contributed by atoms with Crippen LogP contribution in [0.2, 0.25) is 0 Å². The molecule has 0 aliphatic carbocycles. The van der Waals surface area contributed by atoms with Crippen LogP contribution in [0.5, 0.6) is 0 Å². The van der Waals surface area contributed by atoms with Gasteiger partial charge in [-0.1, -0.05) is 0 Å². The van der Waals surface area contributed by atoms with E-state index in [0.29, 0.717) is 5.01 Å². The van der Waals surface area contributed by atoms with Gasteiger partial charge < -0.3 is 5.11 Å². The molecule has 0 rings (SSSR count). The summed E-state index contributed by atoms with van der Waals surface area (Å²) >= 11 is 0. The molecule has 1 N–H and O–H groups in total. The lowest BCUT2D eigenvalue weighted by molar-refractivity contribution is -0.112. The molecule has 0 aromatic heterocycles. The summed E-state index contributed by atoms with van der Waals surface area (Å²) in [5.74, 6) is -0.836. The predicted molar refractivity (Wildman–Crippen MR) is 38.7 cm³/mol. The maximum atomic E-state index is 12.1. The molecular weight excluding hydrogens is 173 g/mol. The van der Waals surface area contributed by atoms with Crippen LogP contribution in [0.25, 0.3) is 0 Å². The van der Waals surface area contributed by atoms with Crippen molar-refractivity contribution in [2.45, 2.75) is 13.1 Å². The lowest BCUT2D eigenvalue weighted by atomic mass is 10.3. The quantitative estimate of drug-likeness (QED) is 0.402. The number of hydrazone groups is 1. The first-order valence-electron chi connectivity index (χ1n) is 2.98. The lowest BCUT2D eigenvalue weighted by Crippen LogP contribution is -2.26. The first-order valence-corrected chi connectivity index (χ1v) is 2.98. The fourth-order valence-electron chi connectivity index (χ4n) is 0.693. The van der Waals surface area contributed by atoms with Crippen molar-refractivity contribution >= 4 is 6.72 Å². The second-order valence-corrected chi connectivity index (χ2v) is 2.10. The van der Waals surface area contributed by atoms with E-state index in [2.05, 4.69) is 11.8 Å². The first-order chi connectivity index (χ1) is 5.30. The number of nitrogens with zero attached hydrogens (tertiary/aromatic N) is 2. The normalized spacial score (nSPS) is 13.8. The largest absolute Gasteiger partial charge is 0.510 e. The molecule has 0 aliphatic rings. The van der Waals surface area contributed by atoms with Crippen LogP contribution in [0.4, 0.5) is 13.2 Å². The van der Waals surface area contributed by atoms with Gasteiger partial charge in [0.2, 0.25) is 0 Å². The van der Waals surface area contributed by atoms with Crippen molar-refractivity contribution in [3.8, 4) is 0 Å². The number of allylic oxidation sites excluding steroid dienone is 2. The molecule has 0 saturated carbocycles. The van der Waals surface area contributed by atoms with Crippen LogP contribution in [0, 0.1) is 0 Å². The van der Waals surface area contributed by atoms with Gasteiger partial charge >= 0.3 is 6.18 Å². The number of hydrogen-bond donors (Lipinski definition) is 1. The summed E-state index contributed by atoms with van der Waals surface area (Å²) in [6.07, 6.45) is -4.62. The third-order valence-corrected chi connectivity index (χ3v) is 1.15. The van der Waals surface area contributed by atoms with Crippen molar-refractivity contribution in [3.05, 3.63) is 11.5 Å². The van der Waals surface area contributed by atoms with Gasteiger partial charge in [-0.2, -0.15) is 18.3 Å². The van der Waals surface area contributed by atoms with Crippen molar-refractivity contribution < 1.29 is 18.3 Å². The summed E-state index contributed by atoms with van der Waals surface area (Å²) in [5.41, 5.74) is -1.21. The van der Waals surface area contributed by atoms with Gasteiger partial charge in [0, 0.05) is 13.8 Å². The van der Waals surface area contributed by atoms with Gasteiger partial charge in [0.25, 0.3) is 0 Å². The highest BCUT2D eigenvalue weighted by Crippen LogP contribution is 2.29. The molecule has 0 aromatic carbocycles. The molecular formula is C6H9F3N2O. The molecule has 12 heavy (non-hydrogen) atoms. The van der Waals surface area contributed by atoms with Crippen LogP contribution >= 0.6 is 0 Å². The Kier molecular flexibility index (Phi) is 3.12. The van der Waals surface area contributed by atoms with Crippen molar-refractivity contribution in [2.24, 2.45) is 5.10 Å². The van der Waals surface area contributed by atoms with Crippen molar-refractivity contribution in [1.29, 1.82) is 0 Å². The fraction of sp³-hybridized carbons (Fsp3) is 0.500. The van der Waals surface area contributed by atoms with Gasteiger partial charge in [-0.05, 0) is 6.92 Å². The zero-order valence-corrected chi connectivity index (χ0v) is 6.68. The Morgan fingerprint density at radius 1 is 1.50 bits per heavy atom. The minimum atomic E-state index is -4.62. The topological polar surface area (TPSA) is 35.8 Å². The summed E-state index contributed by atoms with van der Waals surface area (Å²) < 4.78 is 36.2. The van der Waals surface area contributed by atoms with E-state index in [1.165, 1.54) is 0 Å². The van der Waals surface area contributed by atoms with E-state index < -0.39 is 17.6 Å². The van der Waals surface area contributed by atoms with Crippen molar-refractivity contribution in [3.63, 3.8) is 0 Å². The third kappa shape index (κ3) is 2.44. The Hall–Kier alpha value is -1.20. The molecule has 3 nitrogen and oxygen atoms in total. The van der Waals surface area contributed by atoms with Gasteiger partial charge in [0.1, 0.15) is 5.76 Å². The average Bonchev–Trinajstić information content (AvgIpc) is 1.83. The van der Waals surface area contributed by atoms with Crippen LogP contribution in [-0.2, 0) is 0 Å². The number of rotatable bonds is 2. The molecule has 0 bridgehead atoms. The first kappa shape index (κ1) is 10.8. The van der Waals surface area contributed by atoms with E-state index in [4.69, 9.17) is 5.11 Å². The van der Waals surface area contributed by atoms with Crippen molar-refractivity contribution in [1.82, 2.24) is 5.01 Å². The number of aliphatic hydroxyl groups excluding tert-OH is 1. The fourth-order valence-corrected chi connectivity index (χ4v) is 0.693. The molecule has 0 unspecified atom stereocenters. The third-order valence-electron chi connectivity index (χ3n) is 1.15. The Morgan fingerprint density at radius 3 is 2.00 bits per heavy atom. The number of alkyl halides is 3. The van der Waals surface area contributed by atoms with Gasteiger partial charge in [0.15, 0.2) is 5.70 Å². The highest BCUT2D eigenvalue weighted by molar-refractivity contribution is 5.24. The minimum absolute atomic E-state index is 0.468. The molecule has 0 heterocycles. The Bertz CT molecular complexity index is 205. The van der Waals surface area contributed by atoms with Gasteiger partial charge in [-0.3, -0.25) is 5.01 Å². The highest BCUT2D eigenvalue weighted by Gasteiger charge is 2.38. The Labute approximate surface area is 67.8 Å². The molecule has 0 amide bonds.